The van der Waals surface area contributed by atoms with Crippen LogP contribution >= 0.6 is 11.3 Å². The van der Waals surface area contributed by atoms with Crippen LogP contribution in [0.25, 0.3) is 4.96 Å². The normalized spacial score (nSPS) is 10.9. The van der Waals surface area contributed by atoms with E-state index in [1.165, 1.54) is 29.8 Å². The molecule has 0 saturated heterocycles. The summed E-state index contributed by atoms with van der Waals surface area (Å²) in [6.07, 6.45) is 2.46. The monoisotopic (exact) mass is 304 g/mol. The van der Waals surface area contributed by atoms with Gasteiger partial charge in [-0.25, -0.2) is 13.9 Å². The van der Waals surface area contributed by atoms with Crippen molar-refractivity contribution in [1.29, 1.82) is 0 Å². The van der Waals surface area contributed by atoms with Crippen molar-refractivity contribution in [2.75, 3.05) is 6.54 Å². The van der Waals surface area contributed by atoms with E-state index in [2.05, 4.69) is 15.4 Å². The van der Waals surface area contributed by atoms with Gasteiger partial charge in [0.2, 0.25) is 10.9 Å². The summed E-state index contributed by atoms with van der Waals surface area (Å²) in [6, 6.07) is 5.95. The fourth-order valence-corrected chi connectivity index (χ4v) is 2.86. The molecule has 3 rings (SSSR count). The summed E-state index contributed by atoms with van der Waals surface area (Å²) in [7, 11) is 0. The Morgan fingerprint density at radius 3 is 2.95 bits per heavy atom. The molecule has 7 heteroatoms. The third kappa shape index (κ3) is 3.25. The first-order chi connectivity index (χ1) is 10.2. The maximum Gasteiger partial charge on any atom is 0.224 e. The fourth-order valence-electron chi connectivity index (χ4n) is 2.02. The highest BCUT2D eigenvalue weighted by atomic mass is 32.1. The van der Waals surface area contributed by atoms with Crippen molar-refractivity contribution < 1.29 is 9.18 Å². The van der Waals surface area contributed by atoms with Gasteiger partial charge < -0.3 is 5.32 Å². The lowest BCUT2D eigenvalue weighted by Crippen LogP contribution is -2.27. The minimum absolute atomic E-state index is 0.0772. The van der Waals surface area contributed by atoms with Crippen LogP contribution in [0.4, 0.5) is 4.39 Å². The Hall–Kier alpha value is -2.28. The van der Waals surface area contributed by atoms with Gasteiger partial charge in [0, 0.05) is 18.3 Å². The molecule has 2 aromatic heterocycles. The summed E-state index contributed by atoms with van der Waals surface area (Å²) in [4.78, 5) is 16.7. The van der Waals surface area contributed by atoms with Crippen LogP contribution in [0.1, 0.15) is 11.3 Å². The molecule has 0 unspecified atom stereocenters. The number of fused-ring (bicyclic) bond motifs is 1. The van der Waals surface area contributed by atoms with Crippen LogP contribution in [-0.2, 0) is 17.6 Å². The van der Waals surface area contributed by atoms with Gasteiger partial charge in [0.25, 0.3) is 0 Å². The Morgan fingerprint density at radius 1 is 1.33 bits per heavy atom. The Morgan fingerprint density at radius 2 is 2.14 bits per heavy atom. The molecular weight excluding hydrogens is 291 g/mol. The zero-order valence-electron chi connectivity index (χ0n) is 11.1. The zero-order valence-corrected chi connectivity index (χ0v) is 11.9. The average molecular weight is 304 g/mol. The van der Waals surface area contributed by atoms with E-state index in [4.69, 9.17) is 0 Å². The van der Waals surface area contributed by atoms with Crippen LogP contribution in [0.5, 0.6) is 0 Å². The fraction of sp³-hybridized carbons (Fsp3) is 0.214. The van der Waals surface area contributed by atoms with Crippen molar-refractivity contribution in [3.8, 4) is 0 Å². The molecule has 0 radical (unpaired) electrons. The smallest absolute Gasteiger partial charge is 0.224 e. The molecule has 0 aliphatic carbocycles. The number of halogens is 1. The number of carbonyl (C=O) groups is 1. The van der Waals surface area contributed by atoms with E-state index >= 15 is 0 Å². The molecule has 1 amide bonds. The molecule has 2 heterocycles. The number of amides is 1. The number of nitrogens with zero attached hydrogens (tertiary/aromatic N) is 3. The topological polar surface area (TPSA) is 59.3 Å². The maximum absolute atomic E-state index is 12.8. The molecule has 21 heavy (non-hydrogen) atoms. The van der Waals surface area contributed by atoms with Gasteiger partial charge in [-0.05, 0) is 17.7 Å². The Bertz CT molecular complexity index is 750. The summed E-state index contributed by atoms with van der Waals surface area (Å²) in [5, 5.41) is 8.96. The standard InChI is InChI=1S/C14H13FN4OS/c15-11-3-1-10(2-4-11)7-13(20)16-6-5-12-8-21-14-17-9-18-19(12)14/h1-4,8-9H,5-7H2,(H,16,20). The molecule has 0 aliphatic rings. The number of carbonyl (C=O) groups excluding carboxylic acids is 1. The third-order valence-electron chi connectivity index (χ3n) is 3.07. The van der Waals surface area contributed by atoms with E-state index in [1.54, 1.807) is 16.6 Å². The van der Waals surface area contributed by atoms with Crippen LogP contribution in [0.3, 0.4) is 0 Å². The summed E-state index contributed by atoms with van der Waals surface area (Å²) in [6.45, 7) is 0.533. The lowest BCUT2D eigenvalue weighted by molar-refractivity contribution is -0.120. The lowest BCUT2D eigenvalue weighted by atomic mass is 10.1. The summed E-state index contributed by atoms with van der Waals surface area (Å²) >= 11 is 1.52. The second-order valence-corrected chi connectivity index (χ2v) is 5.42. The van der Waals surface area contributed by atoms with Gasteiger partial charge in [-0.2, -0.15) is 5.10 Å². The highest BCUT2D eigenvalue weighted by Gasteiger charge is 2.07. The molecule has 3 aromatic rings. The van der Waals surface area contributed by atoms with Gasteiger partial charge in [-0.1, -0.05) is 12.1 Å². The Kier molecular flexibility index (Phi) is 3.92. The number of nitrogens with one attached hydrogen (secondary N) is 1. The number of hydrogen-bond acceptors (Lipinski definition) is 4. The average Bonchev–Trinajstić information content (AvgIpc) is 3.06. The largest absolute Gasteiger partial charge is 0.355 e. The highest BCUT2D eigenvalue weighted by molar-refractivity contribution is 7.15. The van der Waals surface area contributed by atoms with Crippen molar-refractivity contribution in [2.45, 2.75) is 12.8 Å². The van der Waals surface area contributed by atoms with Crippen LogP contribution in [0.15, 0.2) is 36.0 Å². The summed E-state index contributed by atoms with van der Waals surface area (Å²) in [5.74, 6) is -0.375. The van der Waals surface area contributed by atoms with Crippen molar-refractivity contribution in [1.82, 2.24) is 19.9 Å². The van der Waals surface area contributed by atoms with E-state index < -0.39 is 0 Å². The molecule has 0 bridgehead atoms. The first kappa shape index (κ1) is 13.7. The van der Waals surface area contributed by atoms with Gasteiger partial charge in [0.05, 0.1) is 12.1 Å². The number of hydrogen-bond donors (Lipinski definition) is 1. The van der Waals surface area contributed by atoms with Crippen LogP contribution in [0.2, 0.25) is 0 Å². The van der Waals surface area contributed by atoms with E-state index in [1.807, 2.05) is 5.38 Å². The van der Waals surface area contributed by atoms with E-state index in [-0.39, 0.29) is 18.1 Å². The molecule has 0 spiro atoms. The Balaban J connectivity index is 1.50. The molecule has 0 aliphatic heterocycles. The molecule has 1 aromatic carbocycles. The molecule has 108 valence electrons. The second-order valence-electron chi connectivity index (χ2n) is 4.58. The first-order valence-electron chi connectivity index (χ1n) is 6.49. The van der Waals surface area contributed by atoms with Crippen molar-refractivity contribution in [2.24, 2.45) is 0 Å². The summed E-state index contributed by atoms with van der Waals surface area (Å²) in [5.41, 5.74) is 1.82. The molecule has 5 nitrogen and oxygen atoms in total. The van der Waals surface area contributed by atoms with Crippen LogP contribution in [-0.4, -0.2) is 27.0 Å². The number of aromatic nitrogens is 3. The second kappa shape index (κ2) is 6.01. The van der Waals surface area contributed by atoms with Crippen molar-refractivity contribution in [3.05, 3.63) is 53.0 Å². The number of rotatable bonds is 5. The van der Waals surface area contributed by atoms with E-state index in [0.29, 0.717) is 13.0 Å². The van der Waals surface area contributed by atoms with E-state index in [0.717, 1.165) is 16.2 Å². The first-order valence-corrected chi connectivity index (χ1v) is 7.37. The quantitative estimate of drug-likeness (QED) is 0.782. The molecule has 0 saturated carbocycles. The zero-order chi connectivity index (χ0) is 14.7. The SMILES string of the molecule is O=C(Cc1ccc(F)cc1)NCCc1csc2ncnn12. The van der Waals surface area contributed by atoms with Crippen molar-refractivity contribution >= 4 is 22.2 Å². The Labute approximate surface area is 124 Å². The van der Waals surface area contributed by atoms with E-state index in [9.17, 15) is 9.18 Å². The minimum Gasteiger partial charge on any atom is -0.355 e. The van der Waals surface area contributed by atoms with Gasteiger partial charge in [0.1, 0.15) is 12.1 Å². The number of benzene rings is 1. The minimum atomic E-state index is -0.298. The predicted octanol–water partition coefficient (Wildman–Crippen LogP) is 1.83. The highest BCUT2D eigenvalue weighted by Crippen LogP contribution is 2.12. The summed E-state index contributed by atoms with van der Waals surface area (Å²) < 4.78 is 14.5. The van der Waals surface area contributed by atoms with Gasteiger partial charge >= 0.3 is 0 Å². The van der Waals surface area contributed by atoms with Crippen LogP contribution in [0, 0.1) is 5.82 Å². The van der Waals surface area contributed by atoms with Crippen molar-refractivity contribution in [3.63, 3.8) is 0 Å². The van der Waals surface area contributed by atoms with Gasteiger partial charge in [-0.15, -0.1) is 11.3 Å². The van der Waals surface area contributed by atoms with Gasteiger partial charge in [0.15, 0.2) is 0 Å². The maximum atomic E-state index is 12.8. The molecular formula is C14H13FN4OS. The third-order valence-corrected chi connectivity index (χ3v) is 3.95. The lowest BCUT2D eigenvalue weighted by Gasteiger charge is -2.05. The number of thiazole rings is 1. The molecule has 1 N–H and O–H groups in total. The van der Waals surface area contributed by atoms with Gasteiger partial charge in [-0.3, -0.25) is 4.79 Å². The predicted molar refractivity (Wildman–Crippen MR) is 77.7 cm³/mol. The molecule has 0 atom stereocenters. The molecule has 0 fully saturated rings. The van der Waals surface area contributed by atoms with Crippen LogP contribution < -0.4 is 5.32 Å².